The fourth-order valence-corrected chi connectivity index (χ4v) is 2.81. The van der Waals surface area contributed by atoms with E-state index in [1.807, 2.05) is 14.1 Å². The summed E-state index contributed by atoms with van der Waals surface area (Å²) >= 11 is 0. The van der Waals surface area contributed by atoms with Crippen LogP contribution in [0.25, 0.3) is 0 Å². The van der Waals surface area contributed by atoms with Gasteiger partial charge in [-0.1, -0.05) is 12.8 Å². The Morgan fingerprint density at radius 1 is 1.26 bits per heavy atom. The number of likely N-dealkylation sites (N-methyl/N-ethyl adjacent to an activating group) is 1. The van der Waals surface area contributed by atoms with Crippen molar-refractivity contribution >= 4 is 11.4 Å². The molecule has 1 aliphatic carbocycles. The van der Waals surface area contributed by atoms with Crippen LogP contribution in [0.2, 0.25) is 0 Å². The zero-order valence-corrected chi connectivity index (χ0v) is 11.5. The third-order valence-electron chi connectivity index (χ3n) is 4.20. The molecule has 1 aromatic rings. The van der Waals surface area contributed by atoms with E-state index in [0.717, 1.165) is 18.9 Å². The lowest BCUT2D eigenvalue weighted by atomic mass is 9.96. The van der Waals surface area contributed by atoms with Gasteiger partial charge in [-0.05, 0) is 39.1 Å². The highest BCUT2D eigenvalue weighted by Crippen LogP contribution is 2.35. The van der Waals surface area contributed by atoms with Crippen LogP contribution >= 0.6 is 0 Å². The van der Waals surface area contributed by atoms with Crippen LogP contribution in [-0.2, 0) is 0 Å². The van der Waals surface area contributed by atoms with Crippen molar-refractivity contribution in [2.45, 2.75) is 31.2 Å². The van der Waals surface area contributed by atoms with Gasteiger partial charge in [0, 0.05) is 12.1 Å². The summed E-state index contributed by atoms with van der Waals surface area (Å²) in [5.41, 5.74) is 6.04. The van der Waals surface area contributed by atoms with Gasteiger partial charge in [0.15, 0.2) is 11.6 Å². The van der Waals surface area contributed by atoms with Crippen LogP contribution in [-0.4, -0.2) is 31.1 Å². The largest absolute Gasteiger partial charge is 0.397 e. The first kappa shape index (κ1) is 14.1. The van der Waals surface area contributed by atoms with Crippen molar-refractivity contribution in [3.8, 4) is 0 Å². The number of benzene rings is 1. The molecule has 5 heteroatoms. The quantitative estimate of drug-likeness (QED) is 0.826. The van der Waals surface area contributed by atoms with Crippen molar-refractivity contribution in [1.29, 1.82) is 0 Å². The first-order valence-corrected chi connectivity index (χ1v) is 6.61. The first-order chi connectivity index (χ1) is 8.96. The molecule has 106 valence electrons. The summed E-state index contributed by atoms with van der Waals surface area (Å²) in [7, 11) is 4.05. The summed E-state index contributed by atoms with van der Waals surface area (Å²) in [5.74, 6) is -1.77. The van der Waals surface area contributed by atoms with Gasteiger partial charge in [-0.25, -0.2) is 8.78 Å². The van der Waals surface area contributed by atoms with Gasteiger partial charge in [0.05, 0.1) is 11.4 Å². The number of nitrogens with one attached hydrogen (secondary N) is 1. The lowest BCUT2D eigenvalue weighted by molar-refractivity contribution is 0.172. The Balaban J connectivity index is 2.16. The fraction of sp³-hybridized carbons (Fsp3) is 0.571. The number of anilines is 2. The Morgan fingerprint density at radius 3 is 2.47 bits per heavy atom. The Kier molecular flexibility index (Phi) is 3.94. The molecule has 1 aromatic carbocycles. The molecule has 2 rings (SSSR count). The maximum atomic E-state index is 13.7. The van der Waals surface area contributed by atoms with Crippen LogP contribution in [0.1, 0.15) is 25.7 Å². The molecule has 0 spiro atoms. The highest BCUT2D eigenvalue weighted by Gasteiger charge is 2.36. The summed E-state index contributed by atoms with van der Waals surface area (Å²) in [6.45, 7) is 0.574. The van der Waals surface area contributed by atoms with Crippen LogP contribution in [0.3, 0.4) is 0 Å². The van der Waals surface area contributed by atoms with Gasteiger partial charge >= 0.3 is 0 Å². The van der Waals surface area contributed by atoms with Crippen LogP contribution < -0.4 is 11.1 Å². The van der Waals surface area contributed by atoms with Gasteiger partial charge in [0.2, 0.25) is 0 Å². The summed E-state index contributed by atoms with van der Waals surface area (Å²) in [4.78, 5) is 2.17. The normalized spacial score (nSPS) is 17.9. The van der Waals surface area contributed by atoms with E-state index in [1.165, 1.54) is 18.9 Å². The molecule has 0 aliphatic heterocycles. The maximum absolute atomic E-state index is 13.7. The molecule has 0 radical (unpaired) electrons. The molecule has 0 heterocycles. The van der Waals surface area contributed by atoms with Crippen molar-refractivity contribution in [3.05, 3.63) is 23.8 Å². The zero-order valence-electron chi connectivity index (χ0n) is 11.5. The summed E-state index contributed by atoms with van der Waals surface area (Å²) < 4.78 is 27.0. The number of nitrogen functional groups attached to an aromatic ring is 1. The molecule has 1 aliphatic rings. The number of nitrogens with two attached hydrogens (primary N) is 1. The zero-order chi connectivity index (χ0) is 14.0. The second kappa shape index (κ2) is 5.33. The van der Waals surface area contributed by atoms with E-state index < -0.39 is 11.6 Å². The summed E-state index contributed by atoms with van der Waals surface area (Å²) in [6.07, 6.45) is 4.45. The highest BCUT2D eigenvalue weighted by atomic mass is 19.2. The lowest BCUT2D eigenvalue weighted by Crippen LogP contribution is -2.47. The molecule has 1 fully saturated rings. The smallest absolute Gasteiger partial charge is 0.183 e. The van der Waals surface area contributed by atoms with E-state index >= 15 is 0 Å². The Morgan fingerprint density at radius 2 is 1.89 bits per heavy atom. The second-order valence-corrected chi connectivity index (χ2v) is 5.51. The molecule has 1 saturated carbocycles. The SMILES string of the molecule is CN(C)C1(CNc2c(N)ccc(F)c2F)CCCC1. The Bertz CT molecular complexity index is 454. The summed E-state index contributed by atoms with van der Waals surface area (Å²) in [5, 5.41) is 3.00. The predicted octanol–water partition coefficient (Wildman–Crippen LogP) is 2.83. The van der Waals surface area contributed by atoms with Gasteiger partial charge in [0.25, 0.3) is 0 Å². The minimum Gasteiger partial charge on any atom is -0.397 e. The van der Waals surface area contributed by atoms with Gasteiger partial charge in [-0.15, -0.1) is 0 Å². The minimum atomic E-state index is -0.896. The van der Waals surface area contributed by atoms with E-state index in [4.69, 9.17) is 5.73 Å². The molecule has 0 atom stereocenters. The number of hydrogen-bond acceptors (Lipinski definition) is 3. The van der Waals surface area contributed by atoms with Crippen LogP contribution in [0.15, 0.2) is 12.1 Å². The molecule has 3 N–H and O–H groups in total. The molecule has 19 heavy (non-hydrogen) atoms. The molecular weight excluding hydrogens is 248 g/mol. The maximum Gasteiger partial charge on any atom is 0.183 e. The Labute approximate surface area is 112 Å². The predicted molar refractivity (Wildman–Crippen MR) is 74.1 cm³/mol. The number of rotatable bonds is 4. The highest BCUT2D eigenvalue weighted by molar-refractivity contribution is 5.67. The minimum absolute atomic E-state index is 0.00516. The van der Waals surface area contributed by atoms with Crippen LogP contribution in [0.5, 0.6) is 0 Å². The molecule has 0 bridgehead atoms. The van der Waals surface area contributed by atoms with Crippen molar-refractivity contribution in [3.63, 3.8) is 0 Å². The molecule has 3 nitrogen and oxygen atoms in total. The monoisotopic (exact) mass is 269 g/mol. The average Bonchev–Trinajstić information content (AvgIpc) is 2.84. The number of hydrogen-bond donors (Lipinski definition) is 2. The third-order valence-corrected chi connectivity index (χ3v) is 4.20. The molecule has 0 amide bonds. The standard InChI is InChI=1S/C14H21F2N3/c1-19(2)14(7-3-4-8-14)9-18-13-11(17)6-5-10(15)12(13)16/h5-6,18H,3-4,7-9,17H2,1-2H3. The van der Waals surface area contributed by atoms with Crippen LogP contribution in [0, 0.1) is 11.6 Å². The lowest BCUT2D eigenvalue weighted by Gasteiger charge is -2.37. The van der Waals surface area contributed by atoms with E-state index in [-0.39, 0.29) is 16.9 Å². The molecule has 0 saturated heterocycles. The van der Waals surface area contributed by atoms with Gasteiger partial charge in [0.1, 0.15) is 0 Å². The molecule has 0 unspecified atom stereocenters. The van der Waals surface area contributed by atoms with Gasteiger partial charge < -0.3 is 16.0 Å². The summed E-state index contributed by atoms with van der Waals surface area (Å²) in [6, 6.07) is 2.44. The van der Waals surface area contributed by atoms with Crippen molar-refractivity contribution in [1.82, 2.24) is 4.90 Å². The van der Waals surface area contributed by atoms with E-state index in [2.05, 4.69) is 10.2 Å². The van der Waals surface area contributed by atoms with Crippen LogP contribution in [0.4, 0.5) is 20.2 Å². The fourth-order valence-electron chi connectivity index (χ4n) is 2.81. The second-order valence-electron chi connectivity index (χ2n) is 5.51. The van der Waals surface area contributed by atoms with Gasteiger partial charge in [-0.2, -0.15) is 0 Å². The third kappa shape index (κ3) is 2.66. The topological polar surface area (TPSA) is 41.3 Å². The average molecular weight is 269 g/mol. The Hall–Kier alpha value is -1.36. The number of halogens is 2. The van der Waals surface area contributed by atoms with Crippen molar-refractivity contribution in [2.75, 3.05) is 31.7 Å². The van der Waals surface area contributed by atoms with E-state index in [0.29, 0.717) is 6.54 Å². The van der Waals surface area contributed by atoms with E-state index in [9.17, 15) is 8.78 Å². The first-order valence-electron chi connectivity index (χ1n) is 6.61. The number of nitrogens with zero attached hydrogens (tertiary/aromatic N) is 1. The van der Waals surface area contributed by atoms with E-state index in [1.54, 1.807) is 0 Å². The molecular formula is C14H21F2N3. The van der Waals surface area contributed by atoms with Crippen molar-refractivity contribution < 1.29 is 8.78 Å². The van der Waals surface area contributed by atoms with Crippen molar-refractivity contribution in [2.24, 2.45) is 0 Å². The molecule has 0 aromatic heterocycles. The van der Waals surface area contributed by atoms with Gasteiger partial charge in [-0.3, -0.25) is 0 Å².